The fraction of sp³-hybridized carbons (Fsp3) is 0.600. The Morgan fingerprint density at radius 1 is 1.29 bits per heavy atom. The number of hydrogen-bond donors (Lipinski definition) is 2. The van der Waals surface area contributed by atoms with Crippen molar-refractivity contribution in [3.05, 3.63) is 34.9 Å². The van der Waals surface area contributed by atoms with E-state index in [0.717, 1.165) is 19.5 Å². The lowest BCUT2D eigenvalue weighted by atomic mass is 10.0. The second-order valence-corrected chi connectivity index (χ2v) is 5.51. The minimum absolute atomic E-state index is 0.325. The molecule has 2 N–H and O–H groups in total. The zero-order valence-corrected chi connectivity index (χ0v) is 10.9. The van der Waals surface area contributed by atoms with Gasteiger partial charge in [0, 0.05) is 19.7 Å². The normalized spacial score (nSPS) is 17.1. The van der Waals surface area contributed by atoms with Crippen molar-refractivity contribution in [2.75, 3.05) is 13.2 Å². The molecule has 17 heavy (non-hydrogen) atoms. The van der Waals surface area contributed by atoms with E-state index in [1.807, 2.05) is 0 Å². The first kappa shape index (κ1) is 12.6. The molecular formula is C15H23NO. The van der Waals surface area contributed by atoms with Crippen molar-refractivity contribution < 1.29 is 5.11 Å². The molecule has 0 saturated heterocycles. The van der Waals surface area contributed by atoms with Gasteiger partial charge in [-0.05, 0) is 49.7 Å². The molecule has 1 fully saturated rings. The van der Waals surface area contributed by atoms with Gasteiger partial charge in [-0.2, -0.15) is 0 Å². The molecule has 94 valence electrons. The van der Waals surface area contributed by atoms with Crippen molar-refractivity contribution in [1.29, 1.82) is 0 Å². The van der Waals surface area contributed by atoms with E-state index in [1.165, 1.54) is 29.5 Å². The van der Waals surface area contributed by atoms with Crippen LogP contribution in [0.4, 0.5) is 0 Å². The van der Waals surface area contributed by atoms with Gasteiger partial charge in [-0.25, -0.2) is 0 Å². The SMILES string of the molecule is Cc1ccc(CNCC2(CCO)CC2)c(C)c1. The molecule has 0 aromatic heterocycles. The van der Waals surface area contributed by atoms with E-state index in [-0.39, 0.29) is 0 Å². The van der Waals surface area contributed by atoms with Crippen LogP contribution in [0.2, 0.25) is 0 Å². The van der Waals surface area contributed by atoms with Crippen LogP contribution in [-0.2, 0) is 6.54 Å². The first-order valence-corrected chi connectivity index (χ1v) is 6.53. The molecule has 1 aromatic carbocycles. The highest BCUT2D eigenvalue weighted by Gasteiger charge is 2.41. The Bertz CT molecular complexity index is 383. The van der Waals surface area contributed by atoms with E-state index in [9.17, 15) is 0 Å². The van der Waals surface area contributed by atoms with E-state index in [4.69, 9.17) is 5.11 Å². The Balaban J connectivity index is 1.82. The molecule has 0 unspecified atom stereocenters. The van der Waals surface area contributed by atoms with E-state index < -0.39 is 0 Å². The van der Waals surface area contributed by atoms with Crippen LogP contribution in [0.1, 0.15) is 36.0 Å². The summed E-state index contributed by atoms with van der Waals surface area (Å²) >= 11 is 0. The van der Waals surface area contributed by atoms with E-state index >= 15 is 0 Å². The summed E-state index contributed by atoms with van der Waals surface area (Å²) in [5.41, 5.74) is 4.48. The first-order valence-electron chi connectivity index (χ1n) is 6.53. The average Bonchev–Trinajstić information content (AvgIpc) is 3.02. The van der Waals surface area contributed by atoms with E-state index in [1.54, 1.807) is 0 Å². The van der Waals surface area contributed by atoms with E-state index in [2.05, 4.69) is 37.4 Å². The third-order valence-electron chi connectivity index (χ3n) is 3.91. The number of rotatable bonds is 6. The number of aliphatic hydroxyl groups excluding tert-OH is 1. The fourth-order valence-corrected chi connectivity index (χ4v) is 2.44. The van der Waals surface area contributed by atoms with Gasteiger partial charge in [0.25, 0.3) is 0 Å². The van der Waals surface area contributed by atoms with Crippen LogP contribution < -0.4 is 5.32 Å². The molecule has 0 atom stereocenters. The van der Waals surface area contributed by atoms with Crippen molar-refractivity contribution in [1.82, 2.24) is 5.32 Å². The van der Waals surface area contributed by atoms with Gasteiger partial charge in [-0.1, -0.05) is 23.8 Å². The summed E-state index contributed by atoms with van der Waals surface area (Å²) in [7, 11) is 0. The molecule has 1 saturated carbocycles. The largest absolute Gasteiger partial charge is 0.396 e. The standard InChI is InChI=1S/C15H23NO/c1-12-3-4-14(13(2)9-12)10-16-11-15(5-6-15)7-8-17/h3-4,9,16-17H,5-8,10-11H2,1-2H3. The number of aryl methyl sites for hydroxylation is 2. The van der Waals surface area contributed by atoms with E-state index in [0.29, 0.717) is 12.0 Å². The Kier molecular flexibility index (Phi) is 3.85. The second-order valence-electron chi connectivity index (χ2n) is 5.51. The summed E-state index contributed by atoms with van der Waals surface area (Å²) in [4.78, 5) is 0. The lowest BCUT2D eigenvalue weighted by molar-refractivity contribution is 0.245. The lowest BCUT2D eigenvalue weighted by Gasteiger charge is -2.15. The summed E-state index contributed by atoms with van der Waals surface area (Å²) in [6, 6.07) is 6.62. The average molecular weight is 233 g/mol. The van der Waals surface area contributed by atoms with Crippen molar-refractivity contribution in [2.45, 2.75) is 39.7 Å². The molecule has 0 spiro atoms. The fourth-order valence-electron chi connectivity index (χ4n) is 2.44. The maximum Gasteiger partial charge on any atom is 0.0436 e. The predicted octanol–water partition coefficient (Wildman–Crippen LogP) is 2.56. The molecule has 2 heteroatoms. The smallest absolute Gasteiger partial charge is 0.0436 e. The summed E-state index contributed by atoms with van der Waals surface area (Å²) in [5.74, 6) is 0. The van der Waals surface area contributed by atoms with Crippen LogP contribution >= 0.6 is 0 Å². The van der Waals surface area contributed by atoms with Crippen LogP contribution in [0.25, 0.3) is 0 Å². The summed E-state index contributed by atoms with van der Waals surface area (Å²) < 4.78 is 0. The summed E-state index contributed by atoms with van der Waals surface area (Å²) in [6.45, 7) is 6.61. The van der Waals surface area contributed by atoms with Gasteiger partial charge < -0.3 is 10.4 Å². The van der Waals surface area contributed by atoms with Gasteiger partial charge in [-0.15, -0.1) is 0 Å². The minimum atomic E-state index is 0.325. The van der Waals surface area contributed by atoms with Crippen LogP contribution in [-0.4, -0.2) is 18.3 Å². The third-order valence-corrected chi connectivity index (χ3v) is 3.91. The Morgan fingerprint density at radius 3 is 2.65 bits per heavy atom. The van der Waals surface area contributed by atoms with Crippen molar-refractivity contribution in [2.24, 2.45) is 5.41 Å². The molecule has 0 amide bonds. The maximum absolute atomic E-state index is 9.01. The Labute approximate surface area is 104 Å². The highest BCUT2D eigenvalue weighted by molar-refractivity contribution is 5.30. The summed E-state index contributed by atoms with van der Waals surface area (Å²) in [6.07, 6.45) is 3.49. The zero-order chi connectivity index (χ0) is 12.3. The van der Waals surface area contributed by atoms with Crippen molar-refractivity contribution in [3.63, 3.8) is 0 Å². The monoisotopic (exact) mass is 233 g/mol. The number of aliphatic hydroxyl groups is 1. The molecule has 0 heterocycles. The Morgan fingerprint density at radius 2 is 2.06 bits per heavy atom. The van der Waals surface area contributed by atoms with Crippen LogP contribution in [0.3, 0.4) is 0 Å². The highest BCUT2D eigenvalue weighted by Crippen LogP contribution is 2.47. The molecule has 2 rings (SSSR count). The van der Waals surface area contributed by atoms with Crippen molar-refractivity contribution in [3.8, 4) is 0 Å². The van der Waals surface area contributed by atoms with Crippen molar-refractivity contribution >= 4 is 0 Å². The minimum Gasteiger partial charge on any atom is -0.396 e. The number of nitrogens with one attached hydrogen (secondary N) is 1. The number of hydrogen-bond acceptors (Lipinski definition) is 2. The van der Waals surface area contributed by atoms with Crippen LogP contribution in [0, 0.1) is 19.3 Å². The van der Waals surface area contributed by atoms with Crippen LogP contribution in [0.15, 0.2) is 18.2 Å². The molecule has 0 radical (unpaired) electrons. The van der Waals surface area contributed by atoms with Gasteiger partial charge in [0.2, 0.25) is 0 Å². The molecule has 0 aliphatic heterocycles. The third kappa shape index (κ3) is 3.30. The van der Waals surface area contributed by atoms with Gasteiger partial charge in [0.05, 0.1) is 0 Å². The first-order chi connectivity index (χ1) is 8.15. The van der Waals surface area contributed by atoms with Gasteiger partial charge >= 0.3 is 0 Å². The molecular weight excluding hydrogens is 210 g/mol. The predicted molar refractivity (Wildman–Crippen MR) is 71.0 cm³/mol. The zero-order valence-electron chi connectivity index (χ0n) is 10.9. The van der Waals surface area contributed by atoms with Gasteiger partial charge in [0.1, 0.15) is 0 Å². The van der Waals surface area contributed by atoms with Crippen LogP contribution in [0.5, 0.6) is 0 Å². The summed E-state index contributed by atoms with van der Waals surface area (Å²) in [5, 5.41) is 12.5. The number of benzene rings is 1. The molecule has 1 aromatic rings. The molecule has 0 bridgehead atoms. The molecule has 1 aliphatic rings. The highest BCUT2D eigenvalue weighted by atomic mass is 16.3. The van der Waals surface area contributed by atoms with Gasteiger partial charge in [-0.3, -0.25) is 0 Å². The maximum atomic E-state index is 9.01. The lowest BCUT2D eigenvalue weighted by Crippen LogP contribution is -2.24. The molecule has 1 aliphatic carbocycles. The molecule has 2 nitrogen and oxygen atoms in total. The topological polar surface area (TPSA) is 32.3 Å². The Hall–Kier alpha value is -0.860. The second kappa shape index (κ2) is 5.19. The quantitative estimate of drug-likeness (QED) is 0.791. The van der Waals surface area contributed by atoms with Gasteiger partial charge in [0.15, 0.2) is 0 Å².